The van der Waals surface area contributed by atoms with Crippen LogP contribution in [-0.4, -0.2) is 37.5 Å². The second-order valence-electron chi connectivity index (χ2n) is 9.38. The van der Waals surface area contributed by atoms with Crippen LogP contribution in [0.3, 0.4) is 0 Å². The zero-order valence-electron chi connectivity index (χ0n) is 19.0. The van der Waals surface area contributed by atoms with Gasteiger partial charge in [0.15, 0.2) is 5.79 Å². The lowest BCUT2D eigenvalue weighted by atomic mass is 10.0. The Hall–Kier alpha value is -2.42. The first-order valence-electron chi connectivity index (χ1n) is 11.3. The summed E-state index contributed by atoms with van der Waals surface area (Å²) in [5.74, 6) is -0.395. The van der Waals surface area contributed by atoms with Crippen molar-refractivity contribution in [1.29, 1.82) is 0 Å². The Balaban J connectivity index is 1.33. The van der Waals surface area contributed by atoms with Gasteiger partial charge in [0, 0.05) is 11.6 Å². The molecule has 1 saturated heterocycles. The van der Waals surface area contributed by atoms with Crippen LogP contribution in [-0.2, 0) is 15.9 Å². The normalized spacial score (nSPS) is 23.2. The molecule has 180 valence electrons. The van der Waals surface area contributed by atoms with E-state index in [-0.39, 0.29) is 24.1 Å². The van der Waals surface area contributed by atoms with Gasteiger partial charge in [-0.3, -0.25) is 0 Å². The Morgan fingerprint density at radius 3 is 2.69 bits per heavy atom. The van der Waals surface area contributed by atoms with Gasteiger partial charge in [0.05, 0.1) is 27.0 Å². The number of pyridine rings is 1. The summed E-state index contributed by atoms with van der Waals surface area (Å²) in [6.45, 7) is 3.88. The molecular weight excluding hydrogens is 509 g/mol. The first kappa shape index (κ1) is 23.0. The summed E-state index contributed by atoms with van der Waals surface area (Å²) in [4.78, 5) is 13.0. The highest BCUT2D eigenvalue weighted by molar-refractivity contribution is 6.37. The van der Waals surface area contributed by atoms with Gasteiger partial charge in [0.1, 0.15) is 35.2 Å². The van der Waals surface area contributed by atoms with Crippen molar-refractivity contribution in [2.75, 3.05) is 5.73 Å². The highest BCUT2D eigenvalue weighted by atomic mass is 35.5. The van der Waals surface area contributed by atoms with Crippen molar-refractivity contribution in [1.82, 2.24) is 19.5 Å². The summed E-state index contributed by atoms with van der Waals surface area (Å²) in [6, 6.07) is 7.57. The van der Waals surface area contributed by atoms with E-state index >= 15 is 0 Å². The standard InChI is InChI=1S/C25H22Cl3N5O2/c1-25(2)34-20-13(4-3-12-7-16(26)15-10-17(27)23(29)32-18(15)8-12)9-19(21(20)35-25)33-6-5-14-22(28)30-11-31-24(14)33/h5-11,19-21H,3-4H2,1-2H3,(H2,29,32)/t19-,20-,21+/m1/s1. The molecule has 35 heavy (non-hydrogen) atoms. The molecule has 3 atom stereocenters. The number of nitrogens with zero attached hydrogens (tertiary/aromatic N) is 4. The highest BCUT2D eigenvalue weighted by Gasteiger charge is 2.50. The second kappa shape index (κ2) is 8.32. The van der Waals surface area contributed by atoms with Crippen LogP contribution in [0.15, 0.2) is 48.4 Å². The second-order valence-corrected chi connectivity index (χ2v) is 10.5. The number of nitrogen functional groups attached to an aromatic ring is 1. The minimum absolute atomic E-state index is 0.0796. The van der Waals surface area contributed by atoms with Gasteiger partial charge < -0.3 is 19.8 Å². The molecule has 2 N–H and O–H groups in total. The van der Waals surface area contributed by atoms with Gasteiger partial charge in [-0.15, -0.1) is 0 Å². The van der Waals surface area contributed by atoms with Gasteiger partial charge in [-0.1, -0.05) is 40.9 Å². The van der Waals surface area contributed by atoms with Crippen molar-refractivity contribution >= 4 is 62.6 Å². The zero-order chi connectivity index (χ0) is 24.5. The molecular formula is C25H22Cl3N5O2. The zero-order valence-corrected chi connectivity index (χ0v) is 21.3. The van der Waals surface area contributed by atoms with E-state index in [4.69, 9.17) is 50.0 Å². The highest BCUT2D eigenvalue weighted by Crippen LogP contribution is 2.45. The molecule has 2 aliphatic rings. The molecule has 3 aromatic heterocycles. The third-order valence-electron chi connectivity index (χ3n) is 6.62. The Morgan fingerprint density at radius 2 is 1.86 bits per heavy atom. The van der Waals surface area contributed by atoms with Crippen LogP contribution in [0.5, 0.6) is 0 Å². The fourth-order valence-electron chi connectivity index (χ4n) is 5.09. The summed E-state index contributed by atoms with van der Waals surface area (Å²) in [5.41, 5.74) is 9.63. The van der Waals surface area contributed by atoms with E-state index in [1.807, 2.05) is 38.2 Å². The smallest absolute Gasteiger partial charge is 0.164 e. The number of aromatic nitrogens is 4. The summed E-state index contributed by atoms with van der Waals surface area (Å²) < 4.78 is 14.8. The first-order valence-corrected chi connectivity index (χ1v) is 12.4. The summed E-state index contributed by atoms with van der Waals surface area (Å²) >= 11 is 19.0. The SMILES string of the molecule is CC1(C)O[C@@H]2[C@H](O1)C(CCc1cc(Cl)c3cc(Cl)c(N)nc3c1)=C[C@H]2n1ccc2c(Cl)ncnc21. The van der Waals surface area contributed by atoms with E-state index in [0.29, 0.717) is 15.2 Å². The summed E-state index contributed by atoms with van der Waals surface area (Å²) in [5, 5.41) is 3.01. The maximum absolute atomic E-state index is 6.54. The van der Waals surface area contributed by atoms with Crippen LogP contribution in [0.4, 0.5) is 5.82 Å². The molecule has 7 nitrogen and oxygen atoms in total. The van der Waals surface area contributed by atoms with Crippen molar-refractivity contribution in [3.05, 3.63) is 69.2 Å². The van der Waals surface area contributed by atoms with Crippen molar-refractivity contribution in [2.24, 2.45) is 0 Å². The number of hydrogen-bond acceptors (Lipinski definition) is 6. The average Bonchev–Trinajstić information content (AvgIpc) is 3.45. The number of hydrogen-bond donors (Lipinski definition) is 1. The molecule has 1 aliphatic heterocycles. The van der Waals surface area contributed by atoms with E-state index in [2.05, 4.69) is 25.6 Å². The van der Waals surface area contributed by atoms with E-state index in [9.17, 15) is 0 Å². The number of nitrogens with two attached hydrogens (primary N) is 1. The minimum atomic E-state index is -0.685. The number of benzene rings is 1. The molecule has 0 amide bonds. The maximum atomic E-state index is 6.54. The molecule has 0 saturated carbocycles. The van der Waals surface area contributed by atoms with Crippen LogP contribution in [0.2, 0.25) is 15.2 Å². The quantitative estimate of drug-likeness (QED) is 0.251. The number of aryl methyl sites for hydroxylation is 1. The van der Waals surface area contributed by atoms with Crippen LogP contribution in [0.25, 0.3) is 21.9 Å². The fourth-order valence-corrected chi connectivity index (χ4v) is 5.72. The van der Waals surface area contributed by atoms with E-state index in [1.165, 1.54) is 11.9 Å². The molecule has 10 heteroatoms. The Morgan fingerprint density at radius 1 is 1.03 bits per heavy atom. The fraction of sp³-hybridized carbons (Fsp3) is 0.320. The predicted octanol–water partition coefficient (Wildman–Crippen LogP) is 6.16. The molecule has 0 unspecified atom stereocenters. The van der Waals surface area contributed by atoms with Crippen molar-refractivity contribution < 1.29 is 9.47 Å². The van der Waals surface area contributed by atoms with Crippen LogP contribution >= 0.6 is 34.8 Å². The van der Waals surface area contributed by atoms with Gasteiger partial charge in [-0.05, 0) is 62.1 Å². The lowest BCUT2D eigenvalue weighted by Gasteiger charge is -2.22. The van der Waals surface area contributed by atoms with Crippen LogP contribution in [0.1, 0.15) is 31.9 Å². The van der Waals surface area contributed by atoms with Crippen molar-refractivity contribution in [3.8, 4) is 0 Å². The number of halogens is 3. The summed E-state index contributed by atoms with van der Waals surface area (Å²) in [6.07, 6.45) is 6.87. The van der Waals surface area contributed by atoms with Crippen LogP contribution < -0.4 is 5.73 Å². The predicted molar refractivity (Wildman–Crippen MR) is 138 cm³/mol. The molecule has 0 radical (unpaired) electrons. The average molecular weight is 531 g/mol. The van der Waals surface area contributed by atoms with E-state index in [0.717, 1.165) is 40.3 Å². The molecule has 0 spiro atoms. The summed E-state index contributed by atoms with van der Waals surface area (Å²) in [7, 11) is 0. The lowest BCUT2D eigenvalue weighted by Crippen LogP contribution is -2.27. The third kappa shape index (κ3) is 3.96. The van der Waals surface area contributed by atoms with Crippen molar-refractivity contribution in [2.45, 2.75) is 50.7 Å². The molecule has 0 bridgehead atoms. The van der Waals surface area contributed by atoms with Gasteiger partial charge in [-0.25, -0.2) is 15.0 Å². The number of anilines is 1. The molecule has 6 rings (SSSR count). The molecule has 4 heterocycles. The van der Waals surface area contributed by atoms with Crippen LogP contribution in [0, 0.1) is 0 Å². The minimum Gasteiger partial charge on any atom is -0.382 e. The van der Waals surface area contributed by atoms with Crippen molar-refractivity contribution in [3.63, 3.8) is 0 Å². The molecule has 1 aliphatic carbocycles. The van der Waals surface area contributed by atoms with E-state index in [1.54, 1.807) is 6.07 Å². The number of fused-ring (bicyclic) bond motifs is 3. The molecule has 1 fully saturated rings. The monoisotopic (exact) mass is 529 g/mol. The van der Waals surface area contributed by atoms with Gasteiger partial charge in [0.25, 0.3) is 0 Å². The lowest BCUT2D eigenvalue weighted by molar-refractivity contribution is -0.147. The number of ether oxygens (including phenoxy) is 2. The molecule has 1 aromatic carbocycles. The van der Waals surface area contributed by atoms with Gasteiger partial charge in [-0.2, -0.15) is 0 Å². The van der Waals surface area contributed by atoms with Gasteiger partial charge in [0.2, 0.25) is 0 Å². The Bertz CT molecular complexity index is 1520. The van der Waals surface area contributed by atoms with Gasteiger partial charge >= 0.3 is 0 Å². The maximum Gasteiger partial charge on any atom is 0.164 e. The number of rotatable bonds is 4. The first-order chi connectivity index (χ1) is 16.7. The molecule has 4 aromatic rings. The van der Waals surface area contributed by atoms with E-state index < -0.39 is 5.79 Å². The Labute approximate surface area is 216 Å². The third-order valence-corrected chi connectivity index (χ3v) is 7.54. The Kier molecular flexibility index (Phi) is 5.47. The topological polar surface area (TPSA) is 88.1 Å². The largest absolute Gasteiger partial charge is 0.382 e.